The molecule has 1 saturated carbocycles. The fourth-order valence-electron chi connectivity index (χ4n) is 3.05. The molecular weight excluding hydrogens is 277 g/mol. The Morgan fingerprint density at radius 1 is 1.26 bits per heavy atom. The van der Waals surface area contributed by atoms with Crippen molar-refractivity contribution in [3.05, 3.63) is 33.8 Å². The molecule has 3 heteroatoms. The molecule has 1 nitrogen and oxygen atoms in total. The van der Waals surface area contributed by atoms with Crippen molar-refractivity contribution in [2.45, 2.75) is 58.0 Å². The summed E-state index contributed by atoms with van der Waals surface area (Å²) in [6.45, 7) is 4.57. The van der Waals surface area contributed by atoms with Crippen molar-refractivity contribution in [3.8, 4) is 0 Å². The predicted octanol–water partition coefficient (Wildman–Crippen LogP) is 5.61. The van der Waals surface area contributed by atoms with Gasteiger partial charge in [-0.1, -0.05) is 56.0 Å². The Balaban J connectivity index is 2.04. The number of halogens is 2. The van der Waals surface area contributed by atoms with Gasteiger partial charge in [0.05, 0.1) is 10.0 Å². The Bertz CT molecular complexity index is 419. The maximum atomic E-state index is 6.12. The Hall–Kier alpha value is -0.240. The van der Waals surface area contributed by atoms with Crippen LogP contribution in [0, 0.1) is 5.92 Å². The topological polar surface area (TPSA) is 12.0 Å². The molecule has 0 spiro atoms. The maximum Gasteiger partial charge on any atom is 0.0595 e. The monoisotopic (exact) mass is 299 g/mol. The molecule has 2 rings (SSSR count). The van der Waals surface area contributed by atoms with Gasteiger partial charge in [0, 0.05) is 12.1 Å². The van der Waals surface area contributed by atoms with Crippen LogP contribution in [0.15, 0.2) is 18.2 Å². The number of hydrogen-bond donors (Lipinski definition) is 1. The number of benzene rings is 1. The van der Waals surface area contributed by atoms with E-state index in [-0.39, 0.29) is 0 Å². The smallest absolute Gasteiger partial charge is 0.0595 e. The third-order valence-electron chi connectivity index (χ3n) is 4.13. The molecule has 1 N–H and O–H groups in total. The lowest BCUT2D eigenvalue weighted by Crippen LogP contribution is -2.36. The van der Waals surface area contributed by atoms with Gasteiger partial charge >= 0.3 is 0 Å². The van der Waals surface area contributed by atoms with Gasteiger partial charge in [-0.2, -0.15) is 0 Å². The van der Waals surface area contributed by atoms with E-state index in [1.165, 1.54) is 31.2 Å². The fourth-order valence-corrected chi connectivity index (χ4v) is 3.36. The Kier molecular flexibility index (Phi) is 5.56. The molecule has 0 aliphatic heterocycles. The normalized spacial score (nSPS) is 25.3. The molecule has 0 amide bonds. The zero-order chi connectivity index (χ0) is 13.8. The van der Waals surface area contributed by atoms with E-state index in [1.807, 2.05) is 12.1 Å². The first-order valence-corrected chi connectivity index (χ1v) is 8.06. The molecule has 19 heavy (non-hydrogen) atoms. The van der Waals surface area contributed by atoms with Crippen LogP contribution in [0.3, 0.4) is 0 Å². The molecule has 3 unspecified atom stereocenters. The van der Waals surface area contributed by atoms with Crippen LogP contribution >= 0.6 is 23.2 Å². The first kappa shape index (κ1) is 15.2. The van der Waals surface area contributed by atoms with Gasteiger partial charge in [0.2, 0.25) is 0 Å². The van der Waals surface area contributed by atoms with Crippen molar-refractivity contribution in [1.29, 1.82) is 0 Å². The van der Waals surface area contributed by atoms with E-state index in [1.54, 1.807) is 0 Å². The van der Waals surface area contributed by atoms with Crippen molar-refractivity contribution in [2.24, 2.45) is 5.92 Å². The lowest BCUT2D eigenvalue weighted by Gasteiger charge is -2.31. The second kappa shape index (κ2) is 6.97. The third kappa shape index (κ3) is 4.11. The molecule has 1 aliphatic rings. The van der Waals surface area contributed by atoms with Crippen molar-refractivity contribution in [1.82, 2.24) is 5.32 Å². The van der Waals surface area contributed by atoms with Gasteiger partial charge in [0.15, 0.2) is 0 Å². The van der Waals surface area contributed by atoms with Crippen molar-refractivity contribution in [2.75, 3.05) is 0 Å². The highest BCUT2D eigenvalue weighted by molar-refractivity contribution is 6.42. The van der Waals surface area contributed by atoms with E-state index >= 15 is 0 Å². The van der Waals surface area contributed by atoms with Crippen LogP contribution in [-0.2, 0) is 0 Å². The summed E-state index contributed by atoms with van der Waals surface area (Å²) < 4.78 is 0. The van der Waals surface area contributed by atoms with E-state index in [2.05, 4.69) is 25.2 Å². The van der Waals surface area contributed by atoms with Crippen LogP contribution < -0.4 is 5.32 Å². The quantitative estimate of drug-likeness (QED) is 0.761. The third-order valence-corrected chi connectivity index (χ3v) is 4.87. The predicted molar refractivity (Wildman–Crippen MR) is 84.0 cm³/mol. The highest BCUT2D eigenvalue weighted by Gasteiger charge is 2.21. The van der Waals surface area contributed by atoms with Gasteiger partial charge in [-0.05, 0) is 42.9 Å². The standard InChI is InChI=1S/C16H23Cl2N/c1-3-16(12-7-8-14(17)15(18)10-12)19-13-6-4-5-11(2)9-13/h7-8,10-11,13,16,19H,3-6,9H2,1-2H3. The molecule has 0 heterocycles. The second-order valence-corrected chi connectivity index (χ2v) is 6.58. The number of rotatable bonds is 4. The molecule has 1 aliphatic carbocycles. The first-order valence-electron chi connectivity index (χ1n) is 7.31. The number of nitrogens with one attached hydrogen (secondary N) is 1. The van der Waals surface area contributed by atoms with Gasteiger partial charge in [0.25, 0.3) is 0 Å². The molecule has 0 bridgehead atoms. The molecule has 1 fully saturated rings. The Labute approximate surface area is 126 Å². The van der Waals surface area contributed by atoms with Crippen LogP contribution in [-0.4, -0.2) is 6.04 Å². The molecule has 0 saturated heterocycles. The fraction of sp³-hybridized carbons (Fsp3) is 0.625. The highest BCUT2D eigenvalue weighted by atomic mass is 35.5. The van der Waals surface area contributed by atoms with Crippen LogP contribution in [0.1, 0.15) is 57.6 Å². The molecule has 0 radical (unpaired) electrons. The molecule has 1 aromatic rings. The van der Waals surface area contributed by atoms with E-state index in [0.29, 0.717) is 22.1 Å². The second-order valence-electron chi connectivity index (χ2n) is 5.77. The van der Waals surface area contributed by atoms with E-state index < -0.39 is 0 Å². The summed E-state index contributed by atoms with van der Waals surface area (Å²) in [5.41, 5.74) is 1.25. The molecule has 106 valence electrons. The summed E-state index contributed by atoms with van der Waals surface area (Å²) in [5, 5.41) is 5.08. The Morgan fingerprint density at radius 3 is 2.68 bits per heavy atom. The Morgan fingerprint density at radius 2 is 2.05 bits per heavy atom. The summed E-state index contributed by atoms with van der Waals surface area (Å²) >= 11 is 12.1. The van der Waals surface area contributed by atoms with E-state index in [9.17, 15) is 0 Å². The van der Waals surface area contributed by atoms with Gasteiger partial charge in [-0.3, -0.25) is 0 Å². The summed E-state index contributed by atoms with van der Waals surface area (Å²) in [4.78, 5) is 0. The summed E-state index contributed by atoms with van der Waals surface area (Å²) in [7, 11) is 0. The minimum absolute atomic E-state index is 0.380. The zero-order valence-corrected chi connectivity index (χ0v) is 13.3. The van der Waals surface area contributed by atoms with Crippen LogP contribution in [0.25, 0.3) is 0 Å². The maximum absolute atomic E-state index is 6.12. The number of hydrogen-bond acceptors (Lipinski definition) is 1. The molecule has 0 aromatic heterocycles. The average molecular weight is 300 g/mol. The van der Waals surface area contributed by atoms with Crippen LogP contribution in [0.2, 0.25) is 10.0 Å². The van der Waals surface area contributed by atoms with Gasteiger partial charge in [-0.15, -0.1) is 0 Å². The van der Waals surface area contributed by atoms with Gasteiger partial charge in [-0.25, -0.2) is 0 Å². The summed E-state index contributed by atoms with van der Waals surface area (Å²) in [6.07, 6.45) is 6.38. The minimum Gasteiger partial charge on any atom is -0.307 e. The largest absolute Gasteiger partial charge is 0.307 e. The lowest BCUT2D eigenvalue weighted by molar-refractivity contribution is 0.278. The lowest BCUT2D eigenvalue weighted by atomic mass is 9.86. The SMILES string of the molecule is CCC(NC1CCCC(C)C1)c1ccc(Cl)c(Cl)c1. The molecular formula is C16H23Cl2N. The van der Waals surface area contributed by atoms with E-state index in [0.717, 1.165) is 12.3 Å². The van der Waals surface area contributed by atoms with Crippen molar-refractivity contribution >= 4 is 23.2 Å². The zero-order valence-electron chi connectivity index (χ0n) is 11.8. The molecule has 1 aromatic carbocycles. The van der Waals surface area contributed by atoms with E-state index in [4.69, 9.17) is 23.2 Å². The van der Waals surface area contributed by atoms with Crippen LogP contribution in [0.4, 0.5) is 0 Å². The van der Waals surface area contributed by atoms with Crippen LogP contribution in [0.5, 0.6) is 0 Å². The van der Waals surface area contributed by atoms with Gasteiger partial charge in [0.1, 0.15) is 0 Å². The van der Waals surface area contributed by atoms with Gasteiger partial charge < -0.3 is 5.32 Å². The molecule has 3 atom stereocenters. The first-order chi connectivity index (χ1) is 9.10. The minimum atomic E-state index is 0.380. The highest BCUT2D eigenvalue weighted by Crippen LogP contribution is 2.29. The average Bonchev–Trinajstić information content (AvgIpc) is 2.39. The summed E-state index contributed by atoms with van der Waals surface area (Å²) in [5.74, 6) is 0.845. The van der Waals surface area contributed by atoms with Crippen molar-refractivity contribution in [3.63, 3.8) is 0 Å². The van der Waals surface area contributed by atoms with Crippen molar-refractivity contribution < 1.29 is 0 Å². The summed E-state index contributed by atoms with van der Waals surface area (Å²) in [6, 6.07) is 7.00.